The van der Waals surface area contributed by atoms with Crippen LogP contribution in [0.2, 0.25) is 0 Å². The Morgan fingerprint density at radius 1 is 1.22 bits per heavy atom. The molecule has 0 aromatic carbocycles. The molecule has 0 aliphatic rings. The molecule has 1 rings (SSSR count). The summed E-state index contributed by atoms with van der Waals surface area (Å²) < 4.78 is 9.72. The minimum Gasteiger partial charge on any atom is -0.626 e. The number of hydroxylamine groups is 2. The van der Waals surface area contributed by atoms with Crippen LogP contribution in [0.1, 0.15) is 33.7 Å². The van der Waals surface area contributed by atoms with Gasteiger partial charge in [0.1, 0.15) is 0 Å². The monoisotopic (exact) mass is 325 g/mol. The highest BCUT2D eigenvalue weighted by Gasteiger charge is 2.16. The van der Waals surface area contributed by atoms with Crippen molar-refractivity contribution in [3.05, 3.63) is 34.8 Å². The van der Waals surface area contributed by atoms with Gasteiger partial charge in [0.2, 0.25) is 0 Å². The van der Waals surface area contributed by atoms with Crippen molar-refractivity contribution in [1.29, 1.82) is 0 Å². The highest BCUT2D eigenvalue weighted by atomic mass is 16.5. The smallest absolute Gasteiger partial charge is 0.362 e. The van der Waals surface area contributed by atoms with E-state index in [-0.39, 0.29) is 18.1 Å². The molecule has 8 heteroatoms. The van der Waals surface area contributed by atoms with Gasteiger partial charge in [-0.05, 0) is 18.6 Å². The Labute approximate surface area is 135 Å². The summed E-state index contributed by atoms with van der Waals surface area (Å²) in [5.74, 6) is -0.924. The van der Waals surface area contributed by atoms with Gasteiger partial charge in [-0.15, -0.1) is 0 Å². The average Bonchev–Trinajstić information content (AvgIpc) is 2.58. The molecule has 128 valence electrons. The minimum atomic E-state index is -0.645. The summed E-state index contributed by atoms with van der Waals surface area (Å²) in [5.41, 5.74) is 0.383. The molecule has 0 saturated carbocycles. The van der Waals surface area contributed by atoms with Crippen LogP contribution >= 0.6 is 0 Å². The second-order valence-electron chi connectivity index (χ2n) is 4.88. The van der Waals surface area contributed by atoms with E-state index < -0.39 is 11.0 Å². The van der Waals surface area contributed by atoms with E-state index in [4.69, 9.17) is 9.47 Å². The molecule has 0 fully saturated rings. The SMILES string of the molecule is COCCCNC(=O)c1ccc(C(=O)[NH+]([O-])CCCOC)nc1. The maximum atomic E-state index is 11.9. The van der Waals surface area contributed by atoms with Crippen LogP contribution in [0.25, 0.3) is 0 Å². The Morgan fingerprint density at radius 3 is 2.52 bits per heavy atom. The van der Waals surface area contributed by atoms with Crippen molar-refractivity contribution in [3.63, 3.8) is 0 Å². The summed E-state index contributed by atoms with van der Waals surface area (Å²) in [6, 6.07) is 2.87. The molecule has 0 radical (unpaired) electrons. The zero-order chi connectivity index (χ0) is 17.1. The second kappa shape index (κ2) is 10.8. The highest BCUT2D eigenvalue weighted by Crippen LogP contribution is 2.00. The van der Waals surface area contributed by atoms with E-state index in [1.165, 1.54) is 25.4 Å². The molecule has 0 bridgehead atoms. The molecule has 2 amide bonds. The fourth-order valence-electron chi connectivity index (χ4n) is 1.82. The fraction of sp³-hybridized carbons (Fsp3) is 0.533. The maximum absolute atomic E-state index is 11.9. The molecule has 1 unspecified atom stereocenters. The maximum Gasteiger partial charge on any atom is 0.362 e. The van der Waals surface area contributed by atoms with Crippen molar-refractivity contribution in [2.45, 2.75) is 12.8 Å². The van der Waals surface area contributed by atoms with Crippen LogP contribution in [-0.2, 0) is 9.47 Å². The lowest BCUT2D eigenvalue weighted by molar-refractivity contribution is -0.758. The van der Waals surface area contributed by atoms with Crippen molar-refractivity contribution in [3.8, 4) is 0 Å². The lowest BCUT2D eigenvalue weighted by atomic mass is 10.2. The number of carbonyl (C=O) groups is 2. The first kappa shape index (κ1) is 19.2. The van der Waals surface area contributed by atoms with Gasteiger partial charge in [0, 0.05) is 40.0 Å². The lowest BCUT2D eigenvalue weighted by Crippen LogP contribution is -3.10. The number of hydrogen-bond acceptors (Lipinski definition) is 6. The number of pyridine rings is 1. The Bertz CT molecular complexity index is 492. The fourth-order valence-corrected chi connectivity index (χ4v) is 1.82. The van der Waals surface area contributed by atoms with Crippen LogP contribution in [0.15, 0.2) is 18.3 Å². The van der Waals surface area contributed by atoms with Gasteiger partial charge in [0.25, 0.3) is 5.91 Å². The van der Waals surface area contributed by atoms with Crippen LogP contribution in [0.5, 0.6) is 0 Å². The molecule has 1 heterocycles. The number of nitrogens with zero attached hydrogens (tertiary/aromatic N) is 1. The third-order valence-electron chi connectivity index (χ3n) is 3.07. The zero-order valence-electron chi connectivity index (χ0n) is 13.5. The first-order chi connectivity index (χ1) is 11.1. The lowest BCUT2D eigenvalue weighted by Gasteiger charge is -2.18. The summed E-state index contributed by atoms with van der Waals surface area (Å²) in [5, 5.41) is 13.9. The standard InChI is InChI=1S/C15H23N3O5/c1-22-9-3-7-16-14(19)12-5-6-13(17-11-12)15(20)18(21)8-4-10-23-2/h5-6,11,18H,3-4,7-10H2,1-2H3,(H,16,19). The second-order valence-corrected chi connectivity index (χ2v) is 4.88. The number of rotatable bonds is 10. The predicted molar refractivity (Wildman–Crippen MR) is 83.1 cm³/mol. The summed E-state index contributed by atoms with van der Waals surface area (Å²) in [6.45, 7) is 1.60. The molecule has 0 spiro atoms. The Morgan fingerprint density at radius 2 is 1.91 bits per heavy atom. The van der Waals surface area contributed by atoms with Gasteiger partial charge in [0.15, 0.2) is 5.69 Å². The van der Waals surface area contributed by atoms with Gasteiger partial charge in [-0.25, -0.2) is 9.78 Å². The topological polar surface area (TPSA) is 105 Å². The van der Waals surface area contributed by atoms with Gasteiger partial charge >= 0.3 is 5.91 Å². The van der Waals surface area contributed by atoms with Crippen molar-refractivity contribution in [2.24, 2.45) is 0 Å². The predicted octanol–water partition coefficient (Wildman–Crippen LogP) is -0.593. The average molecular weight is 325 g/mol. The van der Waals surface area contributed by atoms with Crippen molar-refractivity contribution < 1.29 is 24.1 Å². The molecule has 0 aliphatic heterocycles. The minimum absolute atomic E-state index is 0.0448. The molecule has 1 atom stereocenters. The summed E-state index contributed by atoms with van der Waals surface area (Å²) in [4.78, 5) is 27.6. The molecule has 23 heavy (non-hydrogen) atoms. The van der Waals surface area contributed by atoms with Crippen LogP contribution in [0.3, 0.4) is 0 Å². The highest BCUT2D eigenvalue weighted by molar-refractivity contribution is 5.94. The first-order valence-electron chi connectivity index (χ1n) is 7.39. The van der Waals surface area contributed by atoms with Gasteiger partial charge < -0.3 is 25.1 Å². The number of methoxy groups -OCH3 is 2. The molecule has 0 saturated heterocycles. The van der Waals surface area contributed by atoms with E-state index in [0.29, 0.717) is 38.2 Å². The first-order valence-corrected chi connectivity index (χ1v) is 7.39. The normalized spacial score (nSPS) is 12.0. The van der Waals surface area contributed by atoms with E-state index in [1.54, 1.807) is 7.11 Å². The van der Waals surface area contributed by atoms with E-state index >= 15 is 0 Å². The van der Waals surface area contributed by atoms with Crippen LogP contribution < -0.4 is 10.4 Å². The molecular weight excluding hydrogens is 302 g/mol. The quantitative estimate of drug-likeness (QED) is 0.440. The van der Waals surface area contributed by atoms with E-state index in [1.807, 2.05) is 0 Å². The van der Waals surface area contributed by atoms with Crippen molar-refractivity contribution in [2.75, 3.05) is 40.5 Å². The van der Waals surface area contributed by atoms with Crippen LogP contribution in [0, 0.1) is 5.21 Å². The van der Waals surface area contributed by atoms with Crippen LogP contribution in [-0.4, -0.2) is 57.3 Å². The van der Waals surface area contributed by atoms with E-state index in [0.717, 1.165) is 0 Å². The molecule has 0 aliphatic carbocycles. The molecule has 1 aromatic rings. The molecule has 2 N–H and O–H groups in total. The number of amides is 2. The van der Waals surface area contributed by atoms with Crippen molar-refractivity contribution >= 4 is 11.8 Å². The summed E-state index contributed by atoms with van der Waals surface area (Å²) in [6.07, 6.45) is 2.49. The van der Waals surface area contributed by atoms with Gasteiger partial charge in [0.05, 0.1) is 18.7 Å². The largest absolute Gasteiger partial charge is 0.626 e. The third-order valence-corrected chi connectivity index (χ3v) is 3.07. The van der Waals surface area contributed by atoms with Gasteiger partial charge in [-0.2, -0.15) is 0 Å². The molecule has 8 nitrogen and oxygen atoms in total. The number of quaternary nitrogens is 1. The Balaban J connectivity index is 2.51. The Kier molecular flexibility index (Phi) is 9.00. The van der Waals surface area contributed by atoms with Gasteiger partial charge in [-0.1, -0.05) is 0 Å². The number of hydrogen-bond donors (Lipinski definition) is 2. The van der Waals surface area contributed by atoms with E-state index in [9.17, 15) is 14.8 Å². The van der Waals surface area contributed by atoms with E-state index in [2.05, 4.69) is 10.3 Å². The number of aromatic nitrogens is 1. The number of nitrogens with one attached hydrogen (secondary N) is 2. The molecule has 1 aromatic heterocycles. The van der Waals surface area contributed by atoms with Gasteiger partial charge in [-0.3, -0.25) is 4.79 Å². The molecular formula is C15H23N3O5. The van der Waals surface area contributed by atoms with Crippen molar-refractivity contribution in [1.82, 2.24) is 10.3 Å². The zero-order valence-corrected chi connectivity index (χ0v) is 13.5. The summed E-state index contributed by atoms with van der Waals surface area (Å²) >= 11 is 0. The number of ether oxygens (including phenoxy) is 2. The number of carbonyl (C=O) groups excluding carboxylic acids is 2. The van der Waals surface area contributed by atoms with Crippen LogP contribution in [0.4, 0.5) is 0 Å². The summed E-state index contributed by atoms with van der Waals surface area (Å²) in [7, 11) is 3.13. The third kappa shape index (κ3) is 6.83. The Hall–Kier alpha value is -1.87.